The number of aliphatic hydroxyl groups excluding tert-OH is 5. The van der Waals surface area contributed by atoms with Crippen LogP contribution < -0.4 is 34.8 Å². The first-order valence-electron chi connectivity index (χ1n) is 6.28. The Labute approximate surface area is 144 Å². The van der Waals surface area contributed by atoms with Crippen LogP contribution in [0.25, 0.3) is 0 Å². The number of amidine groups is 1. The van der Waals surface area contributed by atoms with Crippen molar-refractivity contribution in [1.82, 2.24) is 0 Å². The number of aliphatic hydroxyl groups is 5. The second-order valence-corrected chi connectivity index (χ2v) is 4.38. The summed E-state index contributed by atoms with van der Waals surface area (Å²) in [6.45, 7) is -0.739. The SMILES string of the molecule is N/C(=N\[NH+]=C\[C@H](O)[C@@H](O)[C@@H](O)[C@H](O)CO)c1ccccc1.[I-]. The van der Waals surface area contributed by atoms with E-state index in [-0.39, 0.29) is 29.8 Å². The minimum atomic E-state index is -1.70. The molecular formula is C13H20IN3O5. The molecule has 0 aromatic heterocycles. The molecule has 1 aromatic carbocycles. The monoisotopic (exact) mass is 425 g/mol. The first-order valence-corrected chi connectivity index (χ1v) is 6.28. The van der Waals surface area contributed by atoms with Crippen LogP contribution in [0.2, 0.25) is 0 Å². The lowest BCUT2D eigenvalue weighted by atomic mass is 10.0. The van der Waals surface area contributed by atoms with Gasteiger partial charge >= 0.3 is 0 Å². The van der Waals surface area contributed by atoms with Crippen molar-refractivity contribution in [2.75, 3.05) is 6.61 Å². The summed E-state index contributed by atoms with van der Waals surface area (Å²) < 4.78 is 0. The quantitative estimate of drug-likeness (QED) is 0.0998. The van der Waals surface area contributed by atoms with E-state index in [0.717, 1.165) is 6.21 Å². The average Bonchev–Trinajstić information content (AvgIpc) is 2.53. The number of hydrazone groups is 1. The van der Waals surface area contributed by atoms with Crippen molar-refractivity contribution in [3.05, 3.63) is 35.9 Å². The molecule has 1 aromatic rings. The topological polar surface area (TPSA) is 154 Å². The molecule has 8 nitrogen and oxygen atoms in total. The van der Waals surface area contributed by atoms with Gasteiger partial charge in [-0.05, 0) is 0 Å². The van der Waals surface area contributed by atoms with Crippen molar-refractivity contribution in [1.29, 1.82) is 0 Å². The minimum absolute atomic E-state index is 0. The van der Waals surface area contributed by atoms with Crippen molar-refractivity contribution in [3.8, 4) is 0 Å². The van der Waals surface area contributed by atoms with E-state index >= 15 is 0 Å². The van der Waals surface area contributed by atoms with Gasteiger partial charge < -0.3 is 55.2 Å². The highest BCUT2D eigenvalue weighted by atomic mass is 127. The van der Waals surface area contributed by atoms with Crippen LogP contribution in [0.15, 0.2) is 35.4 Å². The second-order valence-electron chi connectivity index (χ2n) is 4.38. The summed E-state index contributed by atoms with van der Waals surface area (Å²) in [7, 11) is 0. The van der Waals surface area contributed by atoms with E-state index in [2.05, 4.69) is 10.2 Å². The average molecular weight is 425 g/mol. The highest BCUT2D eigenvalue weighted by molar-refractivity contribution is 5.96. The van der Waals surface area contributed by atoms with Crippen LogP contribution in [0.4, 0.5) is 0 Å². The van der Waals surface area contributed by atoms with Gasteiger partial charge in [0.25, 0.3) is 0 Å². The zero-order valence-corrected chi connectivity index (χ0v) is 13.8. The smallest absolute Gasteiger partial charge is 0.201 e. The Kier molecular flexibility index (Phi) is 10.1. The summed E-state index contributed by atoms with van der Waals surface area (Å²) in [6, 6.07) is 8.88. The molecule has 22 heavy (non-hydrogen) atoms. The highest BCUT2D eigenvalue weighted by Gasteiger charge is 2.30. The predicted molar refractivity (Wildman–Crippen MR) is 75.3 cm³/mol. The zero-order chi connectivity index (χ0) is 15.8. The Morgan fingerprint density at radius 1 is 1.14 bits per heavy atom. The molecule has 0 saturated heterocycles. The molecule has 0 saturated carbocycles. The van der Waals surface area contributed by atoms with Gasteiger partial charge in [-0.1, -0.05) is 30.3 Å². The molecular weight excluding hydrogens is 405 g/mol. The fourth-order valence-corrected chi connectivity index (χ4v) is 1.49. The fourth-order valence-electron chi connectivity index (χ4n) is 1.49. The standard InChI is InChI=1S/C13H19N3O5.HI/c14-13(8-4-2-1-3-5-8)16-15-6-9(18)11(20)12(21)10(19)7-17;/h1-6,9-12,17-21H,7H2,(H2,14,16);1H/b15-6+;/t9-,10+,11+,12-;/m0./s1. The van der Waals surface area contributed by atoms with Crippen molar-refractivity contribution in [2.24, 2.45) is 10.8 Å². The molecule has 4 atom stereocenters. The molecule has 0 radical (unpaired) electrons. The summed E-state index contributed by atoms with van der Waals surface area (Å²) in [4.78, 5) is 0. The van der Waals surface area contributed by atoms with Gasteiger partial charge in [0.05, 0.1) is 6.61 Å². The van der Waals surface area contributed by atoms with Crippen LogP contribution in [-0.2, 0) is 0 Å². The lowest BCUT2D eigenvalue weighted by Crippen LogP contribution is -3.00. The van der Waals surface area contributed by atoms with Gasteiger partial charge in [-0.15, -0.1) is 5.10 Å². The fraction of sp³-hybridized carbons (Fsp3) is 0.385. The molecule has 0 aliphatic rings. The lowest BCUT2D eigenvalue weighted by Gasteiger charge is -2.22. The number of halogens is 1. The Bertz CT molecular complexity index is 486. The highest BCUT2D eigenvalue weighted by Crippen LogP contribution is 2.02. The molecule has 0 spiro atoms. The van der Waals surface area contributed by atoms with E-state index in [0.29, 0.717) is 5.56 Å². The van der Waals surface area contributed by atoms with Gasteiger partial charge in [-0.2, -0.15) is 0 Å². The third-order valence-corrected chi connectivity index (χ3v) is 2.78. The molecule has 9 heteroatoms. The summed E-state index contributed by atoms with van der Waals surface area (Å²) in [5, 5.41) is 52.5. The summed E-state index contributed by atoms with van der Waals surface area (Å²) in [5.41, 5.74) is 6.36. The van der Waals surface area contributed by atoms with E-state index in [1.165, 1.54) is 0 Å². The number of hydrogen-bond acceptors (Lipinski definition) is 6. The van der Waals surface area contributed by atoms with E-state index in [1.807, 2.05) is 6.07 Å². The maximum Gasteiger partial charge on any atom is 0.201 e. The summed E-state index contributed by atoms with van der Waals surface area (Å²) in [5.74, 6) is 0.171. The van der Waals surface area contributed by atoms with Gasteiger partial charge in [-0.25, -0.2) is 0 Å². The van der Waals surface area contributed by atoms with E-state index < -0.39 is 31.0 Å². The summed E-state index contributed by atoms with van der Waals surface area (Å²) >= 11 is 0. The maximum absolute atomic E-state index is 9.59. The van der Waals surface area contributed by atoms with Crippen molar-refractivity contribution < 1.29 is 54.6 Å². The van der Waals surface area contributed by atoms with E-state index in [4.69, 9.17) is 15.9 Å². The third-order valence-electron chi connectivity index (χ3n) is 2.78. The molecule has 0 amide bonds. The molecule has 0 bridgehead atoms. The Hall–Kier alpha value is -1.11. The van der Waals surface area contributed by atoms with Crippen molar-refractivity contribution in [3.63, 3.8) is 0 Å². The molecule has 0 heterocycles. The van der Waals surface area contributed by atoms with Gasteiger partial charge in [0.2, 0.25) is 6.21 Å². The van der Waals surface area contributed by atoms with Crippen molar-refractivity contribution >= 4 is 12.1 Å². The number of nitrogens with two attached hydrogens (primary N) is 1. The Morgan fingerprint density at radius 2 is 1.73 bits per heavy atom. The van der Waals surface area contributed by atoms with Crippen molar-refractivity contribution in [2.45, 2.75) is 24.4 Å². The van der Waals surface area contributed by atoms with Gasteiger partial charge in [0.1, 0.15) is 18.3 Å². The Morgan fingerprint density at radius 3 is 2.27 bits per heavy atom. The van der Waals surface area contributed by atoms with Crippen LogP contribution >= 0.6 is 0 Å². The second kappa shape index (κ2) is 10.6. The minimum Gasteiger partial charge on any atom is -1.00 e. The first kappa shape index (κ1) is 20.9. The first-order chi connectivity index (χ1) is 9.97. The number of nitrogens with zero attached hydrogens (tertiary/aromatic N) is 1. The largest absolute Gasteiger partial charge is 1.00 e. The molecule has 124 valence electrons. The lowest BCUT2D eigenvalue weighted by molar-refractivity contribution is -0.460. The third kappa shape index (κ3) is 6.34. The molecule has 0 aliphatic carbocycles. The predicted octanol–water partition coefficient (Wildman–Crippen LogP) is -7.10. The molecule has 0 fully saturated rings. The van der Waals surface area contributed by atoms with Crippen LogP contribution in [-0.4, -0.2) is 68.6 Å². The molecule has 1 rings (SSSR count). The maximum atomic E-state index is 9.59. The van der Waals surface area contributed by atoms with E-state index in [9.17, 15) is 15.3 Å². The van der Waals surface area contributed by atoms with Crippen LogP contribution in [0.1, 0.15) is 5.56 Å². The van der Waals surface area contributed by atoms with Crippen LogP contribution in [0, 0.1) is 0 Å². The van der Waals surface area contributed by atoms with E-state index in [1.54, 1.807) is 24.3 Å². The van der Waals surface area contributed by atoms with Crippen LogP contribution in [0.5, 0.6) is 0 Å². The Balaban J connectivity index is 0.00000441. The molecule has 8 N–H and O–H groups in total. The number of benzene rings is 1. The zero-order valence-electron chi connectivity index (χ0n) is 11.6. The number of hydrogen-bond donors (Lipinski definition) is 7. The van der Waals surface area contributed by atoms with Gasteiger partial charge in [0.15, 0.2) is 11.9 Å². The molecule has 0 unspecified atom stereocenters. The van der Waals surface area contributed by atoms with Crippen LogP contribution in [0.3, 0.4) is 0 Å². The number of rotatable bonds is 7. The summed E-state index contributed by atoms with van der Waals surface area (Å²) in [6.07, 6.45) is -5.46. The van der Waals surface area contributed by atoms with Gasteiger partial charge in [-0.3, -0.25) is 0 Å². The number of nitrogens with one attached hydrogen (secondary N) is 1. The van der Waals surface area contributed by atoms with Gasteiger partial charge in [0, 0.05) is 10.7 Å². The molecule has 0 aliphatic heterocycles. The normalized spacial score (nSPS) is 17.6.